The maximum absolute atomic E-state index is 2.48. The first-order valence-electron chi connectivity index (χ1n) is 17.0. The summed E-state index contributed by atoms with van der Waals surface area (Å²) in [6, 6.07) is 53.3. The highest BCUT2D eigenvalue weighted by Crippen LogP contribution is 2.50. The average molecular weight is 618 g/mol. The summed E-state index contributed by atoms with van der Waals surface area (Å²) < 4.78 is 0. The molecule has 8 rings (SSSR count). The quantitative estimate of drug-likeness (QED) is 0.161. The number of allylic oxidation sites excluding steroid dienone is 2. The maximum atomic E-state index is 2.48. The number of para-hydroxylation sites is 1. The SMILES string of the molecule is CC1(C)c2cc(/C=C/c3ccc(-c4ccc(-c5ccccc5)cc4)cc3)ccc2-c2ccc(N(c3ccccc3)C3C=CC=CC3)cc21. The van der Waals surface area contributed by atoms with Crippen LogP contribution in [0.3, 0.4) is 0 Å². The third kappa shape index (κ3) is 5.63. The van der Waals surface area contributed by atoms with Crippen molar-refractivity contribution in [1.29, 1.82) is 0 Å². The fourth-order valence-corrected chi connectivity index (χ4v) is 7.34. The number of rotatable bonds is 7. The van der Waals surface area contributed by atoms with Gasteiger partial charge < -0.3 is 4.90 Å². The molecule has 0 N–H and O–H groups in total. The van der Waals surface area contributed by atoms with Crippen LogP contribution in [0, 0.1) is 0 Å². The van der Waals surface area contributed by atoms with Crippen molar-refractivity contribution in [3.05, 3.63) is 192 Å². The summed E-state index contributed by atoms with van der Waals surface area (Å²) in [6.07, 6.45) is 14.4. The van der Waals surface area contributed by atoms with Gasteiger partial charge in [0.15, 0.2) is 0 Å². The molecule has 0 spiro atoms. The predicted octanol–water partition coefficient (Wildman–Crippen LogP) is 12.5. The number of benzene rings is 6. The van der Waals surface area contributed by atoms with Crippen molar-refractivity contribution < 1.29 is 0 Å². The molecule has 0 bridgehead atoms. The van der Waals surface area contributed by atoms with E-state index in [-0.39, 0.29) is 11.5 Å². The van der Waals surface area contributed by atoms with Crippen LogP contribution in [0.25, 0.3) is 45.5 Å². The molecule has 0 radical (unpaired) electrons. The van der Waals surface area contributed by atoms with Gasteiger partial charge in [-0.05, 0) is 86.3 Å². The number of fused-ring (bicyclic) bond motifs is 3. The zero-order valence-electron chi connectivity index (χ0n) is 27.6. The standard InChI is InChI=1S/C47H39N/c1-47(2)45-32-35(19-18-34-20-23-37(24-21-34)39-27-25-38(26-28-39)36-12-6-3-7-13-36)22-30-43(45)44-31-29-42(33-46(44)47)48(40-14-8-4-9-15-40)41-16-10-5-11-17-41/h3-16,18-33,41H,17H2,1-2H3/b19-18+. The second kappa shape index (κ2) is 12.5. The molecule has 0 saturated heterocycles. The van der Waals surface area contributed by atoms with E-state index in [0.29, 0.717) is 0 Å². The smallest absolute Gasteiger partial charge is 0.0559 e. The van der Waals surface area contributed by atoms with Gasteiger partial charge in [0.05, 0.1) is 6.04 Å². The van der Waals surface area contributed by atoms with Crippen LogP contribution < -0.4 is 4.90 Å². The van der Waals surface area contributed by atoms with E-state index in [1.807, 2.05) is 0 Å². The molecule has 6 aromatic rings. The van der Waals surface area contributed by atoms with E-state index in [2.05, 4.69) is 201 Å². The summed E-state index contributed by atoms with van der Waals surface area (Å²) in [6.45, 7) is 4.74. The summed E-state index contributed by atoms with van der Waals surface area (Å²) in [5, 5.41) is 0. The third-order valence-electron chi connectivity index (χ3n) is 9.99. The summed E-state index contributed by atoms with van der Waals surface area (Å²) in [7, 11) is 0. The van der Waals surface area contributed by atoms with Gasteiger partial charge in [-0.3, -0.25) is 0 Å². The Hall–Kier alpha value is -5.66. The van der Waals surface area contributed by atoms with Gasteiger partial charge in [0, 0.05) is 16.8 Å². The van der Waals surface area contributed by atoms with Gasteiger partial charge in [-0.2, -0.15) is 0 Å². The van der Waals surface area contributed by atoms with Gasteiger partial charge in [-0.25, -0.2) is 0 Å². The monoisotopic (exact) mass is 617 g/mol. The van der Waals surface area contributed by atoms with Crippen molar-refractivity contribution in [1.82, 2.24) is 0 Å². The van der Waals surface area contributed by atoms with E-state index in [9.17, 15) is 0 Å². The minimum absolute atomic E-state index is 0.104. The highest BCUT2D eigenvalue weighted by atomic mass is 15.2. The molecule has 0 aromatic heterocycles. The molecule has 0 aliphatic heterocycles. The Labute approximate surface area is 284 Å². The van der Waals surface area contributed by atoms with E-state index in [1.165, 1.54) is 67.0 Å². The average Bonchev–Trinajstić information content (AvgIpc) is 3.37. The highest BCUT2D eigenvalue weighted by molar-refractivity contribution is 5.85. The topological polar surface area (TPSA) is 3.24 Å². The summed E-state index contributed by atoms with van der Waals surface area (Å²) >= 11 is 0. The molecule has 0 amide bonds. The zero-order valence-corrected chi connectivity index (χ0v) is 27.6. The molecule has 0 fully saturated rings. The first-order valence-corrected chi connectivity index (χ1v) is 17.0. The van der Waals surface area contributed by atoms with E-state index in [1.54, 1.807) is 0 Å². The van der Waals surface area contributed by atoms with Crippen LogP contribution in [0.2, 0.25) is 0 Å². The Balaban J connectivity index is 1.03. The first kappa shape index (κ1) is 29.7. The molecule has 2 aliphatic rings. The van der Waals surface area contributed by atoms with E-state index in [0.717, 1.165) is 6.42 Å². The van der Waals surface area contributed by atoms with E-state index < -0.39 is 0 Å². The van der Waals surface area contributed by atoms with E-state index in [4.69, 9.17) is 0 Å². The van der Waals surface area contributed by atoms with Crippen LogP contribution in [0.5, 0.6) is 0 Å². The Morgan fingerprint density at radius 1 is 0.521 bits per heavy atom. The lowest BCUT2D eigenvalue weighted by molar-refractivity contribution is 0.659. The van der Waals surface area contributed by atoms with Crippen LogP contribution in [0.4, 0.5) is 11.4 Å². The van der Waals surface area contributed by atoms with Gasteiger partial charge in [-0.15, -0.1) is 0 Å². The van der Waals surface area contributed by atoms with Gasteiger partial charge in [0.2, 0.25) is 0 Å². The van der Waals surface area contributed by atoms with Crippen LogP contribution in [0.15, 0.2) is 170 Å². The lowest BCUT2D eigenvalue weighted by Crippen LogP contribution is -2.30. The van der Waals surface area contributed by atoms with Crippen molar-refractivity contribution in [2.24, 2.45) is 0 Å². The molecule has 1 unspecified atom stereocenters. The van der Waals surface area contributed by atoms with Crippen LogP contribution in [0.1, 0.15) is 42.5 Å². The fraction of sp³-hybridized carbons (Fsp3) is 0.106. The predicted molar refractivity (Wildman–Crippen MR) is 206 cm³/mol. The number of nitrogens with zero attached hydrogens (tertiary/aromatic N) is 1. The normalized spacial score (nSPS) is 15.8. The Morgan fingerprint density at radius 2 is 1.06 bits per heavy atom. The molecule has 0 heterocycles. The van der Waals surface area contributed by atoms with Gasteiger partial charge >= 0.3 is 0 Å². The fourth-order valence-electron chi connectivity index (χ4n) is 7.34. The van der Waals surface area contributed by atoms with Crippen molar-refractivity contribution in [3.8, 4) is 33.4 Å². The molecule has 1 atom stereocenters. The highest BCUT2D eigenvalue weighted by Gasteiger charge is 2.36. The van der Waals surface area contributed by atoms with Crippen molar-refractivity contribution in [2.45, 2.75) is 31.7 Å². The minimum atomic E-state index is -0.104. The van der Waals surface area contributed by atoms with Crippen LogP contribution in [-0.4, -0.2) is 6.04 Å². The maximum Gasteiger partial charge on any atom is 0.0559 e. The summed E-state index contributed by atoms with van der Waals surface area (Å²) in [5.74, 6) is 0. The molecule has 1 heteroatoms. The molecule has 0 saturated carbocycles. The second-order valence-electron chi connectivity index (χ2n) is 13.4. The lowest BCUT2D eigenvalue weighted by atomic mass is 9.81. The van der Waals surface area contributed by atoms with Crippen molar-refractivity contribution >= 4 is 23.5 Å². The minimum Gasteiger partial charge on any atom is -0.334 e. The van der Waals surface area contributed by atoms with Crippen molar-refractivity contribution in [2.75, 3.05) is 4.90 Å². The number of anilines is 2. The molecular formula is C47H39N. The molecule has 6 aromatic carbocycles. The third-order valence-corrected chi connectivity index (χ3v) is 9.99. The van der Waals surface area contributed by atoms with Crippen molar-refractivity contribution in [3.63, 3.8) is 0 Å². The largest absolute Gasteiger partial charge is 0.334 e. The lowest BCUT2D eigenvalue weighted by Gasteiger charge is -2.33. The van der Waals surface area contributed by atoms with Crippen LogP contribution >= 0.6 is 0 Å². The molecule has 1 nitrogen and oxygen atoms in total. The zero-order chi connectivity index (χ0) is 32.5. The molecule has 232 valence electrons. The van der Waals surface area contributed by atoms with E-state index >= 15 is 0 Å². The Kier molecular flexibility index (Phi) is 7.74. The summed E-state index contributed by atoms with van der Waals surface area (Å²) in [5.41, 5.74) is 15.2. The second-order valence-corrected chi connectivity index (χ2v) is 13.4. The van der Waals surface area contributed by atoms with Crippen LogP contribution in [-0.2, 0) is 5.41 Å². The Bertz CT molecular complexity index is 2150. The van der Waals surface area contributed by atoms with Gasteiger partial charge in [-0.1, -0.05) is 172 Å². The number of hydrogen-bond donors (Lipinski definition) is 0. The Morgan fingerprint density at radius 3 is 1.71 bits per heavy atom. The molecular weight excluding hydrogens is 579 g/mol. The number of hydrogen-bond acceptors (Lipinski definition) is 1. The van der Waals surface area contributed by atoms with Gasteiger partial charge in [0.1, 0.15) is 0 Å². The molecule has 2 aliphatic carbocycles. The summed E-state index contributed by atoms with van der Waals surface area (Å²) in [4.78, 5) is 2.48. The van der Waals surface area contributed by atoms with Gasteiger partial charge in [0.25, 0.3) is 0 Å². The first-order chi connectivity index (χ1) is 23.5. The molecule has 48 heavy (non-hydrogen) atoms.